The van der Waals surface area contributed by atoms with Gasteiger partial charge in [-0.2, -0.15) is 4.98 Å². The molecule has 1 atom stereocenters. The molecule has 2 saturated heterocycles. The molecule has 1 aromatic carbocycles. The van der Waals surface area contributed by atoms with Crippen LogP contribution in [0.25, 0.3) is 0 Å². The van der Waals surface area contributed by atoms with Crippen LogP contribution < -0.4 is 4.74 Å². The molecule has 11 heteroatoms. The smallest absolute Gasteiger partial charge is 0.227 e. The predicted octanol–water partition coefficient (Wildman–Crippen LogP) is 3.01. The summed E-state index contributed by atoms with van der Waals surface area (Å²) in [5, 5.41) is 4.61. The van der Waals surface area contributed by atoms with E-state index in [1.807, 2.05) is 26.8 Å². The molecule has 37 heavy (non-hydrogen) atoms. The first-order valence-corrected chi connectivity index (χ1v) is 13.1. The Morgan fingerprint density at radius 2 is 1.89 bits per heavy atom. The van der Waals surface area contributed by atoms with Gasteiger partial charge in [0.15, 0.2) is 5.82 Å². The number of ether oxygens (including phenoxy) is 3. The molecule has 2 aromatic rings. The summed E-state index contributed by atoms with van der Waals surface area (Å²) in [7, 11) is 0. The van der Waals surface area contributed by atoms with Gasteiger partial charge in [0.2, 0.25) is 17.7 Å². The van der Waals surface area contributed by atoms with Crippen LogP contribution in [0.5, 0.6) is 5.75 Å². The number of carbonyl (C=O) groups excluding carboxylic acids is 2. The largest absolute Gasteiger partial charge is 0.490 e. The Kier molecular flexibility index (Phi) is 9.04. The third-order valence-corrected chi connectivity index (χ3v) is 7.05. The molecule has 202 valence electrons. The SMILES string of the molecule is Cc1cc(OC[C@]2(CC(=O)N3CCOCC3)CN(C(=O)CCc3nc(C(C)C)no3)CCO2)ccc1Cl. The van der Waals surface area contributed by atoms with E-state index in [2.05, 4.69) is 10.1 Å². The molecule has 0 saturated carbocycles. The number of amides is 2. The second-order valence-corrected chi connectivity index (χ2v) is 10.3. The number of nitrogens with zero attached hydrogens (tertiary/aromatic N) is 4. The van der Waals surface area contributed by atoms with E-state index in [9.17, 15) is 9.59 Å². The molecule has 4 rings (SSSR count). The van der Waals surface area contributed by atoms with Gasteiger partial charge in [-0.1, -0.05) is 30.6 Å². The summed E-state index contributed by atoms with van der Waals surface area (Å²) in [5.41, 5.74) is -0.0906. The van der Waals surface area contributed by atoms with Gasteiger partial charge in [-0.15, -0.1) is 0 Å². The van der Waals surface area contributed by atoms with E-state index in [0.717, 1.165) is 5.56 Å². The summed E-state index contributed by atoms with van der Waals surface area (Å²) in [4.78, 5) is 34.3. The summed E-state index contributed by atoms with van der Waals surface area (Å²) in [5.74, 6) is 1.76. The maximum atomic E-state index is 13.2. The fourth-order valence-electron chi connectivity index (χ4n) is 4.40. The fourth-order valence-corrected chi connectivity index (χ4v) is 4.52. The van der Waals surface area contributed by atoms with Gasteiger partial charge in [0, 0.05) is 43.4 Å². The zero-order valence-corrected chi connectivity index (χ0v) is 22.5. The standard InChI is InChI=1S/C26H35ClN4O6/c1-18(2)25-28-22(37-29-25)6-7-23(32)31-10-13-36-26(16-31,15-24(33)30-8-11-34-12-9-30)17-35-20-4-5-21(27)19(3)14-20/h4-5,14,18H,6-13,15-17H2,1-3H3/t26-/m0/s1. The summed E-state index contributed by atoms with van der Waals surface area (Å²) < 4.78 is 23.0. The number of hydrogen-bond acceptors (Lipinski definition) is 8. The molecular formula is C26H35ClN4O6. The number of halogens is 1. The minimum Gasteiger partial charge on any atom is -0.490 e. The van der Waals surface area contributed by atoms with Gasteiger partial charge in [0.1, 0.15) is 18.0 Å². The van der Waals surface area contributed by atoms with E-state index in [1.165, 1.54) is 0 Å². The first kappa shape index (κ1) is 27.3. The van der Waals surface area contributed by atoms with Crippen molar-refractivity contribution in [3.8, 4) is 5.75 Å². The van der Waals surface area contributed by atoms with Gasteiger partial charge in [-0.25, -0.2) is 0 Å². The maximum absolute atomic E-state index is 13.2. The van der Waals surface area contributed by atoms with Crippen LogP contribution in [0.4, 0.5) is 0 Å². The van der Waals surface area contributed by atoms with Crippen molar-refractivity contribution in [3.05, 3.63) is 40.5 Å². The minimum atomic E-state index is -0.980. The molecule has 1 aromatic heterocycles. The van der Waals surface area contributed by atoms with Crippen molar-refractivity contribution in [2.45, 2.75) is 51.6 Å². The Hall–Kier alpha value is -2.69. The van der Waals surface area contributed by atoms with Crippen LogP contribution in [0, 0.1) is 6.92 Å². The lowest BCUT2D eigenvalue weighted by Crippen LogP contribution is -2.58. The number of aryl methyl sites for hydroxylation is 2. The average molecular weight is 535 g/mol. The van der Waals surface area contributed by atoms with Crippen molar-refractivity contribution in [1.29, 1.82) is 0 Å². The number of aromatic nitrogens is 2. The quantitative estimate of drug-likeness (QED) is 0.483. The highest BCUT2D eigenvalue weighted by molar-refractivity contribution is 6.31. The highest BCUT2D eigenvalue weighted by Gasteiger charge is 2.42. The zero-order chi connectivity index (χ0) is 26.4. The monoisotopic (exact) mass is 534 g/mol. The van der Waals surface area contributed by atoms with Crippen molar-refractivity contribution in [3.63, 3.8) is 0 Å². The van der Waals surface area contributed by atoms with Crippen LogP contribution >= 0.6 is 11.6 Å². The number of morpholine rings is 2. The minimum absolute atomic E-state index is 0.0411. The highest BCUT2D eigenvalue weighted by Crippen LogP contribution is 2.28. The summed E-state index contributed by atoms with van der Waals surface area (Å²) in [6.07, 6.45) is 0.686. The molecule has 10 nitrogen and oxygen atoms in total. The molecule has 2 aliphatic heterocycles. The van der Waals surface area contributed by atoms with Crippen LogP contribution in [-0.4, -0.2) is 90.0 Å². The van der Waals surface area contributed by atoms with E-state index >= 15 is 0 Å². The normalized spacial score (nSPS) is 20.4. The Balaban J connectivity index is 1.44. The molecule has 0 unspecified atom stereocenters. The molecule has 0 bridgehead atoms. The lowest BCUT2D eigenvalue weighted by Gasteiger charge is -2.43. The van der Waals surface area contributed by atoms with E-state index in [0.29, 0.717) is 68.4 Å². The molecule has 0 aliphatic carbocycles. The lowest BCUT2D eigenvalue weighted by molar-refractivity contribution is -0.167. The second kappa shape index (κ2) is 12.2. The maximum Gasteiger partial charge on any atom is 0.227 e. The Morgan fingerprint density at radius 3 is 2.59 bits per heavy atom. The molecule has 0 spiro atoms. The first-order valence-electron chi connectivity index (χ1n) is 12.7. The number of carbonyl (C=O) groups is 2. The average Bonchev–Trinajstić information content (AvgIpc) is 3.38. The van der Waals surface area contributed by atoms with Crippen molar-refractivity contribution in [1.82, 2.24) is 19.9 Å². The molecule has 0 radical (unpaired) electrons. The fraction of sp³-hybridized carbons (Fsp3) is 0.615. The van der Waals surface area contributed by atoms with Gasteiger partial charge < -0.3 is 28.5 Å². The Labute approximate surface area is 222 Å². The summed E-state index contributed by atoms with van der Waals surface area (Å²) >= 11 is 6.16. The highest BCUT2D eigenvalue weighted by atomic mass is 35.5. The molecule has 2 amide bonds. The Bertz CT molecular complexity index is 1090. The second-order valence-electron chi connectivity index (χ2n) is 9.92. The molecule has 0 N–H and O–H groups in total. The van der Waals surface area contributed by atoms with Crippen LogP contribution in [0.15, 0.2) is 22.7 Å². The molecular weight excluding hydrogens is 500 g/mol. The van der Waals surface area contributed by atoms with Crippen molar-refractivity contribution in [2.75, 3.05) is 52.6 Å². The van der Waals surface area contributed by atoms with Crippen molar-refractivity contribution in [2.24, 2.45) is 0 Å². The lowest BCUT2D eigenvalue weighted by atomic mass is 9.96. The van der Waals surface area contributed by atoms with E-state index in [4.69, 9.17) is 30.3 Å². The number of rotatable bonds is 9. The predicted molar refractivity (Wildman–Crippen MR) is 136 cm³/mol. The first-order chi connectivity index (χ1) is 17.7. The van der Waals surface area contributed by atoms with Crippen LogP contribution in [0.1, 0.15) is 49.9 Å². The third-order valence-electron chi connectivity index (χ3n) is 6.62. The third kappa shape index (κ3) is 7.21. The summed E-state index contributed by atoms with van der Waals surface area (Å²) in [6.45, 7) is 9.09. The molecule has 2 aliphatic rings. The van der Waals surface area contributed by atoms with Crippen molar-refractivity contribution < 1.29 is 28.3 Å². The van der Waals surface area contributed by atoms with Gasteiger partial charge >= 0.3 is 0 Å². The molecule has 3 heterocycles. The van der Waals surface area contributed by atoms with Crippen LogP contribution in [-0.2, 0) is 25.5 Å². The van der Waals surface area contributed by atoms with Gasteiger partial charge in [0.25, 0.3) is 0 Å². The van der Waals surface area contributed by atoms with Gasteiger partial charge in [-0.05, 0) is 30.7 Å². The van der Waals surface area contributed by atoms with Gasteiger partial charge in [0.05, 0.1) is 32.8 Å². The zero-order valence-electron chi connectivity index (χ0n) is 21.7. The topological polar surface area (TPSA) is 107 Å². The number of hydrogen-bond donors (Lipinski definition) is 0. The van der Waals surface area contributed by atoms with Crippen LogP contribution in [0.2, 0.25) is 5.02 Å². The Morgan fingerprint density at radius 1 is 1.14 bits per heavy atom. The molecule has 2 fully saturated rings. The van der Waals surface area contributed by atoms with E-state index in [-0.39, 0.29) is 43.7 Å². The van der Waals surface area contributed by atoms with E-state index < -0.39 is 5.60 Å². The summed E-state index contributed by atoms with van der Waals surface area (Å²) in [6, 6.07) is 5.41. The van der Waals surface area contributed by atoms with E-state index in [1.54, 1.807) is 21.9 Å². The van der Waals surface area contributed by atoms with Crippen LogP contribution in [0.3, 0.4) is 0 Å². The van der Waals surface area contributed by atoms with Crippen molar-refractivity contribution >= 4 is 23.4 Å². The number of benzene rings is 1. The van der Waals surface area contributed by atoms with Gasteiger partial charge in [-0.3, -0.25) is 9.59 Å².